The average molecular weight is 255 g/mol. The number of nitrogens with one attached hydrogen (secondary N) is 1. The molecule has 98 valence electrons. The van der Waals surface area contributed by atoms with Gasteiger partial charge in [-0.3, -0.25) is 4.79 Å². The lowest BCUT2D eigenvalue weighted by molar-refractivity contribution is -0.135. The minimum absolute atomic E-state index is 0.0177. The lowest BCUT2D eigenvalue weighted by atomic mass is 9.91. The third kappa shape index (κ3) is 3.93. The summed E-state index contributed by atoms with van der Waals surface area (Å²) >= 11 is 0. The number of rotatable bonds is 6. The van der Waals surface area contributed by atoms with Crippen LogP contribution >= 0.6 is 0 Å². The third-order valence-electron chi connectivity index (χ3n) is 3.03. The zero-order valence-electron chi connectivity index (χ0n) is 10.6. The Balaban J connectivity index is 2.17. The topological polar surface area (TPSA) is 49.3 Å². The summed E-state index contributed by atoms with van der Waals surface area (Å²) in [5.74, 6) is -0.665. The average Bonchev–Trinajstić information content (AvgIpc) is 2.45. The lowest BCUT2D eigenvalue weighted by Gasteiger charge is -2.18. The van der Waals surface area contributed by atoms with Gasteiger partial charge in [0, 0.05) is 12.5 Å². The summed E-state index contributed by atoms with van der Waals surface area (Å²) in [6.07, 6.45) is 0. The molecule has 2 N–H and O–H groups in total. The normalized spacial score (nSPS) is 10.6. The summed E-state index contributed by atoms with van der Waals surface area (Å²) in [5, 5.41) is 11.7. The van der Waals surface area contributed by atoms with E-state index < -0.39 is 5.97 Å². The molecule has 0 aliphatic heterocycles. The Bertz CT molecular complexity index is 471. The maximum Gasteiger partial charge on any atom is 0.317 e. The molecule has 0 heterocycles. The minimum atomic E-state index is -0.833. The Labute approximate surface area is 112 Å². The Morgan fingerprint density at radius 1 is 0.947 bits per heavy atom. The fourth-order valence-corrected chi connectivity index (χ4v) is 2.12. The SMILES string of the molecule is O=C(O)CNCC(c1ccccc1)c1ccccc1. The molecule has 19 heavy (non-hydrogen) atoms. The number of carbonyl (C=O) groups is 1. The van der Waals surface area contributed by atoms with Gasteiger partial charge >= 0.3 is 5.97 Å². The molecular formula is C16H17NO2. The second kappa shape index (κ2) is 6.71. The molecule has 0 radical (unpaired) electrons. The van der Waals surface area contributed by atoms with Gasteiger partial charge < -0.3 is 10.4 Å². The number of benzene rings is 2. The van der Waals surface area contributed by atoms with Gasteiger partial charge in [-0.05, 0) is 11.1 Å². The minimum Gasteiger partial charge on any atom is -0.480 e. The summed E-state index contributed by atoms with van der Waals surface area (Å²) in [6, 6.07) is 20.3. The zero-order valence-corrected chi connectivity index (χ0v) is 10.6. The largest absolute Gasteiger partial charge is 0.480 e. The van der Waals surface area contributed by atoms with Gasteiger partial charge in [0.2, 0.25) is 0 Å². The van der Waals surface area contributed by atoms with Gasteiger partial charge in [0.25, 0.3) is 0 Å². The number of hydrogen-bond donors (Lipinski definition) is 2. The molecule has 2 aromatic carbocycles. The Morgan fingerprint density at radius 2 is 1.42 bits per heavy atom. The van der Waals surface area contributed by atoms with E-state index in [-0.39, 0.29) is 12.5 Å². The van der Waals surface area contributed by atoms with E-state index in [0.717, 1.165) is 0 Å². The van der Waals surface area contributed by atoms with Crippen molar-refractivity contribution >= 4 is 5.97 Å². The van der Waals surface area contributed by atoms with E-state index in [1.165, 1.54) is 11.1 Å². The maximum absolute atomic E-state index is 10.6. The second-order valence-corrected chi connectivity index (χ2v) is 4.40. The van der Waals surface area contributed by atoms with Gasteiger partial charge in [0.15, 0.2) is 0 Å². The highest BCUT2D eigenvalue weighted by Gasteiger charge is 2.13. The highest BCUT2D eigenvalue weighted by Crippen LogP contribution is 2.23. The van der Waals surface area contributed by atoms with Crippen LogP contribution in [-0.4, -0.2) is 24.2 Å². The molecule has 3 nitrogen and oxygen atoms in total. The predicted octanol–water partition coefficient (Wildman–Crippen LogP) is 2.49. The van der Waals surface area contributed by atoms with Crippen molar-refractivity contribution in [2.24, 2.45) is 0 Å². The van der Waals surface area contributed by atoms with Gasteiger partial charge in [0.05, 0.1) is 6.54 Å². The van der Waals surface area contributed by atoms with Crippen molar-refractivity contribution in [3.05, 3.63) is 71.8 Å². The first-order valence-electron chi connectivity index (χ1n) is 6.30. The fourth-order valence-electron chi connectivity index (χ4n) is 2.12. The van der Waals surface area contributed by atoms with E-state index in [2.05, 4.69) is 29.6 Å². The molecule has 0 aromatic heterocycles. The molecule has 0 amide bonds. The predicted molar refractivity (Wildman–Crippen MR) is 75.2 cm³/mol. The van der Waals surface area contributed by atoms with E-state index >= 15 is 0 Å². The molecule has 0 fully saturated rings. The van der Waals surface area contributed by atoms with Crippen LogP contribution in [-0.2, 0) is 4.79 Å². The van der Waals surface area contributed by atoms with Crippen molar-refractivity contribution in [2.75, 3.05) is 13.1 Å². The summed E-state index contributed by atoms with van der Waals surface area (Å²) < 4.78 is 0. The Hall–Kier alpha value is -2.13. The van der Waals surface area contributed by atoms with Gasteiger partial charge in [0.1, 0.15) is 0 Å². The molecule has 0 saturated carbocycles. The molecule has 2 aromatic rings. The van der Waals surface area contributed by atoms with Crippen LogP contribution in [0.3, 0.4) is 0 Å². The van der Waals surface area contributed by atoms with Crippen LogP contribution in [0.25, 0.3) is 0 Å². The highest BCUT2D eigenvalue weighted by atomic mass is 16.4. The number of carboxylic acid groups (broad SMARTS) is 1. The van der Waals surface area contributed by atoms with Crippen molar-refractivity contribution < 1.29 is 9.90 Å². The van der Waals surface area contributed by atoms with E-state index in [1.807, 2.05) is 36.4 Å². The van der Waals surface area contributed by atoms with Crippen LogP contribution in [0.2, 0.25) is 0 Å². The van der Waals surface area contributed by atoms with Gasteiger partial charge in [-0.2, -0.15) is 0 Å². The molecule has 0 bridgehead atoms. The van der Waals surface area contributed by atoms with E-state index in [4.69, 9.17) is 5.11 Å². The quantitative estimate of drug-likeness (QED) is 0.833. The Morgan fingerprint density at radius 3 is 1.84 bits per heavy atom. The van der Waals surface area contributed by atoms with E-state index in [9.17, 15) is 4.79 Å². The standard InChI is InChI=1S/C16H17NO2/c18-16(19)12-17-11-15(13-7-3-1-4-8-13)14-9-5-2-6-10-14/h1-10,15,17H,11-12H2,(H,18,19). The van der Waals surface area contributed by atoms with Crippen LogP contribution in [0, 0.1) is 0 Å². The molecule has 0 unspecified atom stereocenters. The van der Waals surface area contributed by atoms with Gasteiger partial charge in [-0.25, -0.2) is 0 Å². The van der Waals surface area contributed by atoms with Gasteiger partial charge in [-0.1, -0.05) is 60.7 Å². The van der Waals surface area contributed by atoms with Crippen molar-refractivity contribution in [3.63, 3.8) is 0 Å². The smallest absolute Gasteiger partial charge is 0.317 e. The van der Waals surface area contributed by atoms with Crippen LogP contribution in [0.1, 0.15) is 17.0 Å². The first-order chi connectivity index (χ1) is 9.27. The molecule has 0 spiro atoms. The van der Waals surface area contributed by atoms with Crippen LogP contribution in [0.5, 0.6) is 0 Å². The summed E-state index contributed by atoms with van der Waals surface area (Å²) in [4.78, 5) is 10.6. The molecule has 0 saturated heterocycles. The highest BCUT2D eigenvalue weighted by molar-refractivity contribution is 5.69. The number of carboxylic acids is 1. The van der Waals surface area contributed by atoms with E-state index in [0.29, 0.717) is 6.54 Å². The maximum atomic E-state index is 10.6. The van der Waals surface area contributed by atoms with Gasteiger partial charge in [-0.15, -0.1) is 0 Å². The molecule has 0 aliphatic carbocycles. The van der Waals surface area contributed by atoms with Crippen molar-refractivity contribution in [2.45, 2.75) is 5.92 Å². The summed E-state index contributed by atoms with van der Waals surface area (Å²) in [6.45, 7) is 0.594. The Kier molecular flexibility index (Phi) is 4.70. The first-order valence-corrected chi connectivity index (χ1v) is 6.30. The van der Waals surface area contributed by atoms with Crippen LogP contribution < -0.4 is 5.32 Å². The monoisotopic (exact) mass is 255 g/mol. The zero-order chi connectivity index (χ0) is 13.5. The van der Waals surface area contributed by atoms with Crippen LogP contribution in [0.15, 0.2) is 60.7 Å². The summed E-state index contributed by atoms with van der Waals surface area (Å²) in [5.41, 5.74) is 2.37. The van der Waals surface area contributed by atoms with Crippen molar-refractivity contribution in [1.82, 2.24) is 5.32 Å². The molecule has 0 aliphatic rings. The fraction of sp³-hybridized carbons (Fsp3) is 0.188. The van der Waals surface area contributed by atoms with Crippen molar-refractivity contribution in [1.29, 1.82) is 0 Å². The lowest BCUT2D eigenvalue weighted by Crippen LogP contribution is -2.27. The molecule has 2 rings (SSSR count). The molecule has 0 atom stereocenters. The summed E-state index contributed by atoms with van der Waals surface area (Å²) in [7, 11) is 0. The first kappa shape index (κ1) is 13.3. The van der Waals surface area contributed by atoms with Crippen LogP contribution in [0.4, 0.5) is 0 Å². The third-order valence-corrected chi connectivity index (χ3v) is 3.03. The second-order valence-electron chi connectivity index (χ2n) is 4.40. The van der Waals surface area contributed by atoms with Crippen molar-refractivity contribution in [3.8, 4) is 0 Å². The molecular weight excluding hydrogens is 238 g/mol. The number of hydrogen-bond acceptors (Lipinski definition) is 2. The number of aliphatic carboxylic acids is 1. The molecule has 3 heteroatoms. The van der Waals surface area contributed by atoms with E-state index in [1.54, 1.807) is 0 Å².